The molecule has 1 atom stereocenters. The molecule has 2 aliphatic rings. The van der Waals surface area contributed by atoms with Crippen molar-refractivity contribution in [3.8, 4) is 0 Å². The number of nitrogens with zero attached hydrogens (tertiary/aromatic N) is 3. The van der Waals surface area contributed by atoms with E-state index in [2.05, 4.69) is 44.3 Å². The number of rotatable bonds is 2. The highest BCUT2D eigenvalue weighted by Crippen LogP contribution is 2.38. The van der Waals surface area contributed by atoms with Crippen molar-refractivity contribution >= 4 is 5.69 Å². The predicted octanol–water partition coefficient (Wildman–Crippen LogP) is 2.36. The van der Waals surface area contributed by atoms with Crippen LogP contribution in [0.25, 0.3) is 0 Å². The molecule has 1 fully saturated rings. The third-order valence-corrected chi connectivity index (χ3v) is 3.93. The van der Waals surface area contributed by atoms with Crippen molar-refractivity contribution in [1.82, 2.24) is 14.8 Å². The Balaban J connectivity index is 1.65. The molecule has 1 aliphatic heterocycles. The quantitative estimate of drug-likeness (QED) is 0.876. The van der Waals surface area contributed by atoms with E-state index < -0.39 is 0 Å². The smallest absolute Gasteiger partial charge is 0.138 e. The van der Waals surface area contributed by atoms with E-state index >= 15 is 0 Å². The van der Waals surface area contributed by atoms with Gasteiger partial charge in [-0.15, -0.1) is 10.2 Å². The molecule has 1 saturated carbocycles. The largest absolute Gasteiger partial charge is 0.384 e. The van der Waals surface area contributed by atoms with Gasteiger partial charge in [0, 0.05) is 24.2 Å². The van der Waals surface area contributed by atoms with Gasteiger partial charge in [0.25, 0.3) is 0 Å². The molecule has 1 aliphatic carbocycles. The molecule has 1 aromatic carbocycles. The maximum atomic E-state index is 4.35. The molecular weight excluding hydrogens is 224 g/mol. The van der Waals surface area contributed by atoms with Crippen molar-refractivity contribution < 1.29 is 0 Å². The lowest BCUT2D eigenvalue weighted by atomic mass is 9.93. The van der Waals surface area contributed by atoms with E-state index in [1.165, 1.54) is 24.1 Å². The summed E-state index contributed by atoms with van der Waals surface area (Å²) in [4.78, 5) is 0. The number of benzene rings is 1. The fraction of sp³-hybridized carbons (Fsp3) is 0.429. The Labute approximate surface area is 106 Å². The van der Waals surface area contributed by atoms with Crippen LogP contribution in [0, 0.1) is 0 Å². The van der Waals surface area contributed by atoms with E-state index in [4.69, 9.17) is 0 Å². The third-order valence-electron chi connectivity index (χ3n) is 3.93. The fourth-order valence-electron chi connectivity index (χ4n) is 2.80. The summed E-state index contributed by atoms with van der Waals surface area (Å²) in [5, 5.41) is 12.0. The van der Waals surface area contributed by atoms with Gasteiger partial charge in [0.1, 0.15) is 12.2 Å². The molecule has 2 aromatic rings. The molecule has 0 radical (unpaired) electrons. The van der Waals surface area contributed by atoms with Gasteiger partial charge in [-0.3, -0.25) is 0 Å². The van der Waals surface area contributed by atoms with Crippen LogP contribution in [-0.2, 0) is 6.42 Å². The standard InChI is InChI=1S/C14H16N4/c1-2-4-13-10(3-1)7-11(8-15-13)14-17-16-9-18(14)12-5-6-12/h1-4,9,11-12,15H,5-8H2. The summed E-state index contributed by atoms with van der Waals surface area (Å²) in [7, 11) is 0. The second-order valence-corrected chi connectivity index (χ2v) is 5.27. The summed E-state index contributed by atoms with van der Waals surface area (Å²) in [5.74, 6) is 1.60. The SMILES string of the molecule is c1ccc2c(c1)CC(c1nncn1C1CC1)CN2. The topological polar surface area (TPSA) is 42.7 Å². The molecule has 18 heavy (non-hydrogen) atoms. The van der Waals surface area contributed by atoms with Crippen molar-refractivity contribution in [1.29, 1.82) is 0 Å². The lowest BCUT2D eigenvalue weighted by Crippen LogP contribution is -2.24. The Morgan fingerprint density at radius 3 is 3.00 bits per heavy atom. The number of aromatic nitrogens is 3. The number of hydrogen-bond acceptors (Lipinski definition) is 3. The van der Waals surface area contributed by atoms with Gasteiger partial charge in [0.05, 0.1) is 0 Å². The zero-order valence-electron chi connectivity index (χ0n) is 10.2. The molecule has 0 bridgehead atoms. The summed E-state index contributed by atoms with van der Waals surface area (Å²) in [6, 6.07) is 9.20. The molecule has 1 N–H and O–H groups in total. The molecule has 1 aromatic heterocycles. The Kier molecular flexibility index (Phi) is 2.15. The van der Waals surface area contributed by atoms with Gasteiger partial charge in [-0.05, 0) is 30.9 Å². The zero-order valence-corrected chi connectivity index (χ0v) is 10.2. The van der Waals surface area contributed by atoms with Crippen molar-refractivity contribution in [3.05, 3.63) is 42.0 Å². The fourth-order valence-corrected chi connectivity index (χ4v) is 2.80. The monoisotopic (exact) mass is 240 g/mol. The van der Waals surface area contributed by atoms with Crippen LogP contribution in [0.2, 0.25) is 0 Å². The van der Waals surface area contributed by atoms with E-state index in [-0.39, 0.29) is 0 Å². The minimum absolute atomic E-state index is 0.447. The van der Waals surface area contributed by atoms with Gasteiger partial charge in [-0.25, -0.2) is 0 Å². The average Bonchev–Trinajstić information content (AvgIpc) is 3.16. The number of fused-ring (bicyclic) bond motifs is 1. The van der Waals surface area contributed by atoms with E-state index in [1.807, 2.05) is 6.33 Å². The normalized spacial score (nSPS) is 22.3. The average molecular weight is 240 g/mol. The van der Waals surface area contributed by atoms with Crippen LogP contribution in [-0.4, -0.2) is 21.3 Å². The van der Waals surface area contributed by atoms with Gasteiger partial charge in [0.15, 0.2) is 0 Å². The number of hydrogen-bond donors (Lipinski definition) is 1. The minimum Gasteiger partial charge on any atom is -0.384 e. The van der Waals surface area contributed by atoms with Crippen LogP contribution >= 0.6 is 0 Å². The third kappa shape index (κ3) is 1.60. The van der Waals surface area contributed by atoms with Gasteiger partial charge >= 0.3 is 0 Å². The Morgan fingerprint density at radius 2 is 2.11 bits per heavy atom. The van der Waals surface area contributed by atoms with Crippen LogP contribution in [0.15, 0.2) is 30.6 Å². The van der Waals surface area contributed by atoms with Gasteiger partial charge in [-0.2, -0.15) is 0 Å². The van der Waals surface area contributed by atoms with Crippen LogP contribution < -0.4 is 5.32 Å². The van der Waals surface area contributed by atoms with Crippen molar-refractivity contribution in [3.63, 3.8) is 0 Å². The molecule has 92 valence electrons. The number of nitrogens with one attached hydrogen (secondary N) is 1. The maximum Gasteiger partial charge on any atom is 0.138 e. The molecule has 2 heterocycles. The first kappa shape index (κ1) is 10.1. The van der Waals surface area contributed by atoms with Crippen molar-refractivity contribution in [2.75, 3.05) is 11.9 Å². The highest BCUT2D eigenvalue weighted by molar-refractivity contribution is 5.54. The van der Waals surface area contributed by atoms with E-state index in [0.29, 0.717) is 12.0 Å². The van der Waals surface area contributed by atoms with E-state index in [0.717, 1.165) is 18.8 Å². The highest BCUT2D eigenvalue weighted by atomic mass is 15.3. The van der Waals surface area contributed by atoms with Gasteiger partial charge in [0.2, 0.25) is 0 Å². The summed E-state index contributed by atoms with van der Waals surface area (Å²) in [5.41, 5.74) is 2.66. The maximum absolute atomic E-state index is 4.35. The molecule has 4 heteroatoms. The molecular formula is C14H16N4. The number of anilines is 1. The van der Waals surface area contributed by atoms with Crippen LogP contribution in [0.3, 0.4) is 0 Å². The molecule has 4 rings (SSSR count). The first-order valence-electron chi connectivity index (χ1n) is 6.63. The zero-order chi connectivity index (χ0) is 11.9. The Hall–Kier alpha value is -1.84. The summed E-state index contributed by atoms with van der Waals surface area (Å²) in [6.07, 6.45) is 5.52. The molecule has 0 amide bonds. The molecule has 0 spiro atoms. The predicted molar refractivity (Wildman–Crippen MR) is 69.7 cm³/mol. The summed E-state index contributed by atoms with van der Waals surface area (Å²) < 4.78 is 2.28. The van der Waals surface area contributed by atoms with Crippen LogP contribution in [0.5, 0.6) is 0 Å². The van der Waals surface area contributed by atoms with Crippen LogP contribution in [0.1, 0.15) is 36.2 Å². The van der Waals surface area contributed by atoms with E-state index in [9.17, 15) is 0 Å². The minimum atomic E-state index is 0.447. The van der Waals surface area contributed by atoms with Gasteiger partial charge < -0.3 is 9.88 Å². The summed E-state index contributed by atoms with van der Waals surface area (Å²) in [6.45, 7) is 0.961. The summed E-state index contributed by atoms with van der Waals surface area (Å²) >= 11 is 0. The second-order valence-electron chi connectivity index (χ2n) is 5.27. The highest BCUT2D eigenvalue weighted by Gasteiger charge is 2.30. The van der Waals surface area contributed by atoms with E-state index in [1.54, 1.807) is 0 Å². The first-order valence-corrected chi connectivity index (χ1v) is 6.63. The van der Waals surface area contributed by atoms with Gasteiger partial charge in [-0.1, -0.05) is 18.2 Å². The molecule has 0 saturated heterocycles. The van der Waals surface area contributed by atoms with Crippen LogP contribution in [0.4, 0.5) is 5.69 Å². The lowest BCUT2D eigenvalue weighted by molar-refractivity contribution is 0.582. The Bertz CT molecular complexity index is 571. The Morgan fingerprint density at radius 1 is 1.22 bits per heavy atom. The van der Waals surface area contributed by atoms with Crippen molar-refractivity contribution in [2.45, 2.75) is 31.2 Å². The molecule has 1 unspecified atom stereocenters. The first-order chi connectivity index (χ1) is 8.92. The lowest BCUT2D eigenvalue weighted by Gasteiger charge is -2.25. The second kappa shape index (κ2) is 3.83. The van der Waals surface area contributed by atoms with Crippen molar-refractivity contribution in [2.24, 2.45) is 0 Å². The number of para-hydroxylation sites is 1. The molecule has 4 nitrogen and oxygen atoms in total.